The van der Waals surface area contributed by atoms with Crippen molar-refractivity contribution < 1.29 is 13.2 Å². The Morgan fingerprint density at radius 3 is 2.75 bits per heavy atom. The first kappa shape index (κ1) is 11.7. The molecule has 2 nitrogen and oxygen atoms in total. The van der Waals surface area contributed by atoms with Gasteiger partial charge >= 0.3 is 6.18 Å². The van der Waals surface area contributed by atoms with Crippen molar-refractivity contribution in [3.63, 3.8) is 0 Å². The van der Waals surface area contributed by atoms with Crippen LogP contribution in [0, 0.1) is 3.57 Å². The number of hydrogen-bond donors (Lipinski definition) is 0. The van der Waals surface area contributed by atoms with Gasteiger partial charge in [-0.25, -0.2) is 0 Å². The van der Waals surface area contributed by atoms with Crippen LogP contribution in [-0.2, 0) is 6.54 Å². The molecule has 2 aromatic rings. The molecule has 0 atom stereocenters. The molecule has 86 valence electrons. The van der Waals surface area contributed by atoms with Crippen molar-refractivity contribution in [1.82, 2.24) is 9.78 Å². The molecule has 0 saturated carbocycles. The summed E-state index contributed by atoms with van der Waals surface area (Å²) in [6.07, 6.45) is -3.41. The van der Waals surface area contributed by atoms with Crippen LogP contribution in [0.15, 0.2) is 24.4 Å². The Kier molecular flexibility index (Phi) is 3.09. The maximum Gasteiger partial charge on any atom is 0.390 e. The van der Waals surface area contributed by atoms with Crippen molar-refractivity contribution in [2.45, 2.75) is 19.1 Å². The van der Waals surface area contributed by atoms with E-state index in [1.165, 1.54) is 4.68 Å². The summed E-state index contributed by atoms with van der Waals surface area (Å²) in [4.78, 5) is 0. The van der Waals surface area contributed by atoms with Crippen molar-refractivity contribution in [3.8, 4) is 0 Å². The Hall–Kier alpha value is -0.790. The maximum atomic E-state index is 12.1. The molecule has 1 heterocycles. The predicted octanol–water partition coefficient (Wildman–Crippen LogP) is 3.59. The van der Waals surface area contributed by atoms with Crippen molar-refractivity contribution in [2.24, 2.45) is 0 Å². The normalized spacial score (nSPS) is 12.2. The van der Waals surface area contributed by atoms with Crippen LogP contribution < -0.4 is 0 Å². The molecule has 16 heavy (non-hydrogen) atoms. The lowest BCUT2D eigenvalue weighted by Gasteiger charge is -2.07. The molecule has 0 amide bonds. The van der Waals surface area contributed by atoms with Gasteiger partial charge in [0.1, 0.15) is 0 Å². The van der Waals surface area contributed by atoms with Gasteiger partial charge in [0.2, 0.25) is 0 Å². The second-order valence-corrected chi connectivity index (χ2v) is 4.68. The van der Waals surface area contributed by atoms with E-state index in [-0.39, 0.29) is 6.54 Å². The minimum Gasteiger partial charge on any atom is -0.264 e. The number of hydrogen-bond acceptors (Lipinski definition) is 1. The molecule has 0 unspecified atom stereocenters. The molecule has 0 aliphatic heterocycles. The van der Waals surface area contributed by atoms with Crippen LogP contribution in [0.1, 0.15) is 6.42 Å². The van der Waals surface area contributed by atoms with E-state index in [4.69, 9.17) is 0 Å². The minimum absolute atomic E-state index is 0.132. The summed E-state index contributed by atoms with van der Waals surface area (Å²) in [6, 6.07) is 5.59. The maximum absolute atomic E-state index is 12.1. The molecule has 0 aliphatic carbocycles. The number of nitrogens with zero attached hydrogens (tertiary/aromatic N) is 2. The van der Waals surface area contributed by atoms with Crippen LogP contribution in [0.25, 0.3) is 10.9 Å². The first-order chi connectivity index (χ1) is 7.46. The molecule has 0 spiro atoms. The number of halogens is 4. The smallest absolute Gasteiger partial charge is 0.264 e. The molecular weight excluding hydrogens is 332 g/mol. The Bertz CT molecular complexity index is 504. The summed E-state index contributed by atoms with van der Waals surface area (Å²) < 4.78 is 38.6. The van der Waals surface area contributed by atoms with Gasteiger partial charge < -0.3 is 0 Å². The topological polar surface area (TPSA) is 17.8 Å². The highest BCUT2D eigenvalue weighted by Crippen LogP contribution is 2.22. The number of benzene rings is 1. The van der Waals surface area contributed by atoms with Gasteiger partial charge in [0, 0.05) is 8.96 Å². The van der Waals surface area contributed by atoms with Gasteiger partial charge in [0.05, 0.1) is 24.7 Å². The molecule has 2 rings (SSSR count). The third-order valence-corrected chi connectivity index (χ3v) is 2.88. The number of aryl methyl sites for hydroxylation is 1. The third-order valence-electron chi connectivity index (χ3n) is 2.21. The number of alkyl halides is 3. The molecule has 1 aromatic heterocycles. The molecule has 0 saturated heterocycles. The number of aromatic nitrogens is 2. The van der Waals surface area contributed by atoms with E-state index in [1.54, 1.807) is 6.20 Å². The van der Waals surface area contributed by atoms with E-state index in [1.807, 2.05) is 18.2 Å². The van der Waals surface area contributed by atoms with E-state index in [2.05, 4.69) is 27.7 Å². The fraction of sp³-hybridized carbons (Fsp3) is 0.300. The van der Waals surface area contributed by atoms with Crippen LogP contribution in [-0.4, -0.2) is 16.0 Å². The van der Waals surface area contributed by atoms with Crippen molar-refractivity contribution in [1.29, 1.82) is 0 Å². The monoisotopic (exact) mass is 340 g/mol. The zero-order valence-electron chi connectivity index (χ0n) is 8.13. The average Bonchev–Trinajstić information content (AvgIpc) is 2.56. The van der Waals surface area contributed by atoms with Gasteiger partial charge in [-0.15, -0.1) is 0 Å². The highest BCUT2D eigenvalue weighted by molar-refractivity contribution is 14.1. The Morgan fingerprint density at radius 1 is 1.31 bits per heavy atom. The van der Waals surface area contributed by atoms with Gasteiger partial charge in [0.25, 0.3) is 0 Å². The summed E-state index contributed by atoms with van der Waals surface area (Å²) in [5, 5.41) is 4.82. The summed E-state index contributed by atoms with van der Waals surface area (Å²) in [7, 11) is 0. The number of fused-ring (bicyclic) bond motifs is 1. The third kappa shape index (κ3) is 2.66. The summed E-state index contributed by atoms with van der Waals surface area (Å²) in [6.45, 7) is -0.132. The largest absolute Gasteiger partial charge is 0.390 e. The van der Waals surface area contributed by atoms with E-state index in [0.717, 1.165) is 14.5 Å². The number of rotatable bonds is 2. The zero-order chi connectivity index (χ0) is 11.8. The fourth-order valence-corrected chi connectivity index (χ4v) is 1.93. The molecule has 1 aromatic carbocycles. The van der Waals surface area contributed by atoms with Gasteiger partial charge in [-0.1, -0.05) is 6.07 Å². The van der Waals surface area contributed by atoms with E-state index in [0.29, 0.717) is 0 Å². The molecule has 6 heteroatoms. The first-order valence-corrected chi connectivity index (χ1v) is 5.71. The lowest BCUT2D eigenvalue weighted by atomic mass is 10.2. The first-order valence-electron chi connectivity index (χ1n) is 4.63. The quantitative estimate of drug-likeness (QED) is 0.764. The fourth-order valence-electron chi connectivity index (χ4n) is 1.45. The predicted molar refractivity (Wildman–Crippen MR) is 63.1 cm³/mol. The zero-order valence-corrected chi connectivity index (χ0v) is 10.3. The second-order valence-electron chi connectivity index (χ2n) is 3.44. The van der Waals surface area contributed by atoms with Crippen LogP contribution in [0.3, 0.4) is 0 Å². The molecule has 0 N–H and O–H groups in total. The van der Waals surface area contributed by atoms with Gasteiger partial charge in [-0.3, -0.25) is 4.68 Å². The standard InChI is InChI=1S/C10H8F3IN2/c11-10(12,13)3-4-16-9-5-8(14)2-1-7(9)6-15-16/h1-2,5-6H,3-4H2. The van der Waals surface area contributed by atoms with E-state index in [9.17, 15) is 13.2 Å². The molecule has 0 bridgehead atoms. The second kappa shape index (κ2) is 4.23. The van der Waals surface area contributed by atoms with E-state index >= 15 is 0 Å². The summed E-state index contributed by atoms with van der Waals surface area (Å²) in [5.41, 5.74) is 0.746. The van der Waals surface area contributed by atoms with Crippen molar-refractivity contribution in [3.05, 3.63) is 28.0 Å². The van der Waals surface area contributed by atoms with Crippen LogP contribution >= 0.6 is 22.6 Å². The SMILES string of the molecule is FC(F)(F)CCn1ncc2ccc(I)cc21. The Labute approximate surface area is 104 Å². The Balaban J connectivity index is 2.28. The van der Waals surface area contributed by atoms with Crippen LogP contribution in [0.5, 0.6) is 0 Å². The minimum atomic E-state index is -4.14. The van der Waals surface area contributed by atoms with Gasteiger partial charge in [-0.2, -0.15) is 18.3 Å². The van der Waals surface area contributed by atoms with Crippen molar-refractivity contribution >= 4 is 33.5 Å². The van der Waals surface area contributed by atoms with Gasteiger partial charge in [-0.05, 0) is 34.7 Å². The highest BCUT2D eigenvalue weighted by atomic mass is 127. The molecule has 0 aliphatic rings. The van der Waals surface area contributed by atoms with Gasteiger partial charge in [0.15, 0.2) is 0 Å². The van der Waals surface area contributed by atoms with Crippen molar-refractivity contribution in [2.75, 3.05) is 0 Å². The highest BCUT2D eigenvalue weighted by Gasteiger charge is 2.27. The van der Waals surface area contributed by atoms with Crippen LogP contribution in [0.2, 0.25) is 0 Å². The molecular formula is C10H8F3IN2. The lowest BCUT2D eigenvalue weighted by Crippen LogP contribution is -2.12. The molecule has 0 radical (unpaired) electrons. The molecule has 0 fully saturated rings. The summed E-state index contributed by atoms with van der Waals surface area (Å²) >= 11 is 2.12. The average molecular weight is 340 g/mol. The van der Waals surface area contributed by atoms with Crippen LogP contribution in [0.4, 0.5) is 13.2 Å². The lowest BCUT2D eigenvalue weighted by molar-refractivity contribution is -0.137. The van der Waals surface area contributed by atoms with E-state index < -0.39 is 12.6 Å². The summed E-state index contributed by atoms with van der Waals surface area (Å²) in [5.74, 6) is 0. The Morgan fingerprint density at radius 2 is 2.06 bits per heavy atom.